The van der Waals surface area contributed by atoms with Crippen LogP contribution in [0.3, 0.4) is 0 Å². The monoisotopic (exact) mass is 703 g/mol. The Morgan fingerprint density at radius 2 is 0.655 bits per heavy atom. The molecule has 0 aliphatic heterocycles. The quantitative estimate of drug-likeness (QED) is 0.166. The molecule has 0 radical (unpaired) electrons. The maximum Gasteiger partial charge on any atom is 0.164 e. The molecule has 0 bridgehead atoms. The molecule has 0 aliphatic rings. The molecule has 0 amide bonds. The van der Waals surface area contributed by atoms with Gasteiger partial charge in [-0.15, -0.1) is 0 Å². The molecule has 0 unspecified atom stereocenters. The normalized spacial score (nSPS) is 11.3. The summed E-state index contributed by atoms with van der Waals surface area (Å²) in [4.78, 5) is 15.3. The van der Waals surface area contributed by atoms with E-state index >= 15 is 0 Å². The van der Waals surface area contributed by atoms with Crippen LogP contribution in [0.4, 0.5) is 0 Å². The van der Waals surface area contributed by atoms with Crippen molar-refractivity contribution in [3.05, 3.63) is 200 Å². The third-order valence-electron chi connectivity index (χ3n) is 10.2. The molecule has 10 aromatic rings. The molecule has 10 rings (SSSR count). The number of rotatable bonds is 7. The molecule has 0 saturated heterocycles. The minimum absolute atomic E-state index is 0.624. The van der Waals surface area contributed by atoms with Crippen LogP contribution in [0.15, 0.2) is 205 Å². The summed E-state index contributed by atoms with van der Waals surface area (Å²) in [5.74, 6) is 1.88. The van der Waals surface area contributed by atoms with Gasteiger partial charge < -0.3 is 4.42 Å². The van der Waals surface area contributed by atoms with E-state index in [9.17, 15) is 0 Å². The lowest BCUT2D eigenvalue weighted by Crippen LogP contribution is -2.01. The van der Waals surface area contributed by atoms with Crippen LogP contribution in [0, 0.1) is 0 Å². The van der Waals surface area contributed by atoms with Crippen LogP contribution >= 0.6 is 0 Å². The zero-order valence-corrected chi connectivity index (χ0v) is 29.8. The van der Waals surface area contributed by atoms with Gasteiger partial charge >= 0.3 is 0 Å². The van der Waals surface area contributed by atoms with Crippen molar-refractivity contribution in [3.8, 4) is 78.7 Å². The summed E-state index contributed by atoms with van der Waals surface area (Å²) in [5, 5.41) is 2.26. The second-order valence-corrected chi connectivity index (χ2v) is 13.6. The highest BCUT2D eigenvalue weighted by Crippen LogP contribution is 2.35. The fraction of sp³-hybridized carbons (Fsp3) is 0. The van der Waals surface area contributed by atoms with E-state index in [4.69, 9.17) is 19.4 Å². The first-order valence-electron chi connectivity index (χ1n) is 18.4. The van der Waals surface area contributed by atoms with Crippen molar-refractivity contribution < 1.29 is 4.42 Å². The predicted molar refractivity (Wildman–Crippen MR) is 225 cm³/mol. The van der Waals surface area contributed by atoms with Gasteiger partial charge in [-0.25, -0.2) is 15.0 Å². The van der Waals surface area contributed by atoms with Crippen LogP contribution in [0.5, 0.6) is 0 Å². The minimum atomic E-state index is 0.624. The zero-order chi connectivity index (χ0) is 36.6. The Kier molecular flexibility index (Phi) is 8.12. The van der Waals surface area contributed by atoms with Crippen molar-refractivity contribution in [2.75, 3.05) is 0 Å². The lowest BCUT2D eigenvalue weighted by atomic mass is 9.98. The van der Waals surface area contributed by atoms with Gasteiger partial charge in [-0.1, -0.05) is 182 Å². The molecule has 0 aliphatic carbocycles. The molecule has 258 valence electrons. The molecular formula is C51H33N3O. The lowest BCUT2D eigenvalue weighted by molar-refractivity contribution is 0.669. The van der Waals surface area contributed by atoms with Gasteiger partial charge in [0.05, 0.1) is 0 Å². The Morgan fingerprint density at radius 1 is 0.255 bits per heavy atom. The van der Waals surface area contributed by atoms with Crippen molar-refractivity contribution in [2.24, 2.45) is 0 Å². The van der Waals surface area contributed by atoms with Crippen LogP contribution < -0.4 is 0 Å². The molecule has 8 aromatic carbocycles. The number of nitrogens with zero attached hydrogens (tertiary/aromatic N) is 3. The smallest absolute Gasteiger partial charge is 0.164 e. The highest BCUT2D eigenvalue weighted by molar-refractivity contribution is 6.06. The van der Waals surface area contributed by atoms with E-state index in [2.05, 4.69) is 170 Å². The van der Waals surface area contributed by atoms with Gasteiger partial charge in [0.15, 0.2) is 17.5 Å². The van der Waals surface area contributed by atoms with E-state index < -0.39 is 0 Å². The molecule has 0 atom stereocenters. The first-order chi connectivity index (χ1) is 27.2. The number of hydrogen-bond donors (Lipinski definition) is 0. The van der Waals surface area contributed by atoms with E-state index in [-0.39, 0.29) is 0 Å². The van der Waals surface area contributed by atoms with Crippen molar-refractivity contribution >= 4 is 21.9 Å². The number of hydrogen-bond acceptors (Lipinski definition) is 4. The van der Waals surface area contributed by atoms with Crippen molar-refractivity contribution in [2.45, 2.75) is 0 Å². The molecule has 0 saturated carbocycles. The third kappa shape index (κ3) is 6.26. The molecule has 55 heavy (non-hydrogen) atoms. The Morgan fingerprint density at radius 3 is 1.25 bits per heavy atom. The average Bonchev–Trinajstić information content (AvgIpc) is 3.65. The molecule has 2 aromatic heterocycles. The van der Waals surface area contributed by atoms with Gasteiger partial charge in [0.25, 0.3) is 0 Å². The Hall–Kier alpha value is -7.43. The highest BCUT2D eigenvalue weighted by Gasteiger charge is 2.16. The van der Waals surface area contributed by atoms with E-state index in [1.807, 2.05) is 30.3 Å². The van der Waals surface area contributed by atoms with Gasteiger partial charge in [0, 0.05) is 27.5 Å². The number of aromatic nitrogens is 3. The SMILES string of the molecule is c1ccc(-c2ccc(-c3nc(-c4ccc(-c5ccc(-c6ccc7oc8ccccc8c7c6)cc5)cc4)nc(-c4ccccc4-c4ccccc4)n3)cc2)cc1. The van der Waals surface area contributed by atoms with E-state index in [0.717, 1.165) is 77.6 Å². The number of benzene rings is 8. The maximum atomic E-state index is 6.05. The molecule has 2 heterocycles. The summed E-state index contributed by atoms with van der Waals surface area (Å²) in [6.45, 7) is 0. The molecule has 0 fully saturated rings. The van der Waals surface area contributed by atoms with Crippen LogP contribution in [-0.2, 0) is 0 Å². The fourth-order valence-corrected chi connectivity index (χ4v) is 7.32. The molecule has 0 spiro atoms. The average molecular weight is 704 g/mol. The van der Waals surface area contributed by atoms with Gasteiger partial charge in [-0.2, -0.15) is 0 Å². The Labute approximate surface area is 319 Å². The second kappa shape index (κ2) is 13.8. The summed E-state index contributed by atoms with van der Waals surface area (Å²) in [6, 6.07) is 69.4. The molecular weight excluding hydrogens is 671 g/mol. The van der Waals surface area contributed by atoms with Crippen molar-refractivity contribution in [3.63, 3.8) is 0 Å². The third-order valence-corrected chi connectivity index (χ3v) is 10.2. The van der Waals surface area contributed by atoms with Gasteiger partial charge in [0.1, 0.15) is 11.2 Å². The largest absolute Gasteiger partial charge is 0.456 e. The van der Waals surface area contributed by atoms with Crippen LogP contribution in [0.1, 0.15) is 0 Å². The first-order valence-corrected chi connectivity index (χ1v) is 18.4. The first kappa shape index (κ1) is 32.2. The number of furan rings is 1. The Balaban J connectivity index is 0.997. The van der Waals surface area contributed by atoms with Gasteiger partial charge in [-0.05, 0) is 62.7 Å². The van der Waals surface area contributed by atoms with E-state index in [1.165, 1.54) is 5.56 Å². The molecule has 0 N–H and O–H groups in total. The zero-order valence-electron chi connectivity index (χ0n) is 29.8. The Bertz CT molecular complexity index is 2930. The standard InChI is InChI=1S/C51H33N3O/c1-3-11-34(12-4-1)35-23-27-40(28-24-35)49-52-50(54-51(53-49)45-17-8-7-15-43(45)39-13-5-2-6-14-39)41-29-25-37(26-30-41)36-19-21-38(22-20-36)42-31-32-48-46(33-42)44-16-9-10-18-47(44)55-48/h1-33H. The van der Waals surface area contributed by atoms with Crippen LogP contribution in [-0.4, -0.2) is 15.0 Å². The van der Waals surface area contributed by atoms with Gasteiger partial charge in [0.2, 0.25) is 0 Å². The van der Waals surface area contributed by atoms with Crippen LogP contribution in [0.25, 0.3) is 101 Å². The number of para-hydroxylation sites is 1. The summed E-state index contributed by atoms with van der Waals surface area (Å²) >= 11 is 0. The van der Waals surface area contributed by atoms with Gasteiger partial charge in [-0.3, -0.25) is 0 Å². The predicted octanol–water partition coefficient (Wildman–Crippen LogP) is 13.4. The fourth-order valence-electron chi connectivity index (χ4n) is 7.32. The number of fused-ring (bicyclic) bond motifs is 3. The second-order valence-electron chi connectivity index (χ2n) is 13.6. The summed E-state index contributed by atoms with van der Waals surface area (Å²) in [5.41, 5.74) is 13.7. The van der Waals surface area contributed by atoms with Crippen molar-refractivity contribution in [1.82, 2.24) is 15.0 Å². The minimum Gasteiger partial charge on any atom is -0.456 e. The van der Waals surface area contributed by atoms with Crippen LogP contribution in [0.2, 0.25) is 0 Å². The lowest BCUT2D eigenvalue weighted by Gasteiger charge is -2.12. The molecule has 4 nitrogen and oxygen atoms in total. The summed E-state index contributed by atoms with van der Waals surface area (Å²) in [7, 11) is 0. The topological polar surface area (TPSA) is 51.8 Å². The summed E-state index contributed by atoms with van der Waals surface area (Å²) < 4.78 is 6.05. The van der Waals surface area contributed by atoms with Crippen molar-refractivity contribution in [1.29, 1.82) is 0 Å². The molecule has 4 heteroatoms. The summed E-state index contributed by atoms with van der Waals surface area (Å²) in [6.07, 6.45) is 0. The van der Waals surface area contributed by atoms with E-state index in [1.54, 1.807) is 0 Å². The maximum absolute atomic E-state index is 6.05. The van der Waals surface area contributed by atoms with E-state index in [0.29, 0.717) is 17.5 Å². The highest BCUT2D eigenvalue weighted by atomic mass is 16.3.